The minimum absolute atomic E-state index is 0.00950. The number of hydrogen-bond acceptors (Lipinski definition) is 5. The van der Waals surface area contributed by atoms with Gasteiger partial charge in [-0.25, -0.2) is 4.98 Å². The van der Waals surface area contributed by atoms with E-state index in [1.165, 1.54) is 5.56 Å². The van der Waals surface area contributed by atoms with Crippen LogP contribution in [0.5, 0.6) is 5.75 Å². The van der Waals surface area contributed by atoms with Gasteiger partial charge in [-0.2, -0.15) is 0 Å². The van der Waals surface area contributed by atoms with Crippen LogP contribution in [0.2, 0.25) is 0 Å². The molecule has 1 aromatic carbocycles. The molecule has 0 radical (unpaired) electrons. The summed E-state index contributed by atoms with van der Waals surface area (Å²) in [5.41, 5.74) is 2.28. The third kappa shape index (κ3) is 5.44. The molecule has 6 heteroatoms. The van der Waals surface area contributed by atoms with E-state index in [9.17, 15) is 4.79 Å². The smallest absolute Gasteiger partial charge is 0.258 e. The Hall–Kier alpha value is -2.60. The molecule has 0 bridgehead atoms. The van der Waals surface area contributed by atoms with Crippen molar-refractivity contribution in [2.45, 2.75) is 19.9 Å². The SMILES string of the molecule is CCc1ccc(OCC(=O)NCc2cccnc2N2CCN(C)CC2)cc1. The predicted octanol–water partition coefficient (Wildman–Crippen LogP) is 2.09. The molecule has 0 atom stereocenters. The number of rotatable bonds is 7. The number of benzene rings is 1. The van der Waals surface area contributed by atoms with Gasteiger partial charge in [0.2, 0.25) is 0 Å². The molecular formula is C21H28N4O2. The summed E-state index contributed by atoms with van der Waals surface area (Å²) in [5.74, 6) is 1.53. The van der Waals surface area contributed by atoms with E-state index in [1.54, 1.807) is 0 Å². The number of likely N-dealkylation sites (N-methyl/N-ethyl adjacent to an activating group) is 1. The summed E-state index contributed by atoms with van der Waals surface area (Å²) < 4.78 is 5.57. The summed E-state index contributed by atoms with van der Waals surface area (Å²) in [7, 11) is 2.13. The fraction of sp³-hybridized carbons (Fsp3) is 0.429. The van der Waals surface area contributed by atoms with Gasteiger partial charge < -0.3 is 19.9 Å². The lowest BCUT2D eigenvalue weighted by Gasteiger charge is -2.34. The number of anilines is 1. The molecule has 2 aromatic rings. The van der Waals surface area contributed by atoms with Crippen molar-refractivity contribution in [3.05, 3.63) is 53.7 Å². The summed E-state index contributed by atoms with van der Waals surface area (Å²) in [4.78, 5) is 21.3. The van der Waals surface area contributed by atoms with Gasteiger partial charge in [-0.05, 0) is 37.2 Å². The lowest BCUT2D eigenvalue weighted by molar-refractivity contribution is -0.123. The fourth-order valence-electron chi connectivity index (χ4n) is 3.09. The number of pyridine rings is 1. The lowest BCUT2D eigenvalue weighted by atomic mass is 10.2. The highest BCUT2D eigenvalue weighted by molar-refractivity contribution is 5.77. The molecule has 144 valence electrons. The summed E-state index contributed by atoms with van der Waals surface area (Å²) in [6, 6.07) is 11.8. The maximum Gasteiger partial charge on any atom is 0.258 e. The third-order valence-electron chi connectivity index (χ3n) is 4.85. The zero-order valence-electron chi connectivity index (χ0n) is 16.1. The highest BCUT2D eigenvalue weighted by Crippen LogP contribution is 2.18. The standard InChI is InChI=1S/C21H28N4O2/c1-3-17-6-8-19(9-7-17)27-16-20(26)23-15-18-5-4-10-22-21(18)25-13-11-24(2)12-14-25/h4-10H,3,11-16H2,1-2H3,(H,23,26). The molecular weight excluding hydrogens is 340 g/mol. The lowest BCUT2D eigenvalue weighted by Crippen LogP contribution is -2.45. The number of piperazine rings is 1. The average Bonchev–Trinajstić information content (AvgIpc) is 2.72. The van der Waals surface area contributed by atoms with Crippen molar-refractivity contribution in [3.63, 3.8) is 0 Å². The summed E-state index contributed by atoms with van der Waals surface area (Å²) in [5, 5.41) is 2.94. The van der Waals surface area contributed by atoms with Gasteiger partial charge in [0.05, 0.1) is 0 Å². The average molecular weight is 368 g/mol. The van der Waals surface area contributed by atoms with Gasteiger partial charge in [0, 0.05) is 44.5 Å². The molecule has 0 aliphatic carbocycles. The van der Waals surface area contributed by atoms with E-state index in [2.05, 4.69) is 34.1 Å². The molecule has 0 unspecified atom stereocenters. The molecule has 1 aromatic heterocycles. The van der Waals surface area contributed by atoms with Crippen LogP contribution in [-0.4, -0.2) is 55.6 Å². The number of hydrogen-bond donors (Lipinski definition) is 1. The van der Waals surface area contributed by atoms with E-state index in [0.717, 1.165) is 44.0 Å². The third-order valence-corrected chi connectivity index (χ3v) is 4.85. The van der Waals surface area contributed by atoms with Gasteiger partial charge in [-0.15, -0.1) is 0 Å². The molecule has 1 aliphatic rings. The van der Waals surface area contributed by atoms with E-state index in [1.807, 2.05) is 42.6 Å². The van der Waals surface area contributed by atoms with E-state index < -0.39 is 0 Å². The normalized spacial score (nSPS) is 14.8. The van der Waals surface area contributed by atoms with Gasteiger partial charge in [0.25, 0.3) is 5.91 Å². The van der Waals surface area contributed by atoms with Crippen LogP contribution in [0.15, 0.2) is 42.6 Å². The molecule has 0 spiro atoms. The van der Waals surface area contributed by atoms with Gasteiger partial charge in [-0.3, -0.25) is 4.79 Å². The molecule has 1 N–H and O–H groups in total. The van der Waals surface area contributed by atoms with Crippen molar-refractivity contribution in [1.82, 2.24) is 15.2 Å². The molecule has 0 saturated carbocycles. The highest BCUT2D eigenvalue weighted by Gasteiger charge is 2.18. The molecule has 1 aliphatic heterocycles. The fourth-order valence-corrected chi connectivity index (χ4v) is 3.09. The Kier molecular flexibility index (Phi) is 6.65. The van der Waals surface area contributed by atoms with Crippen LogP contribution >= 0.6 is 0 Å². The number of nitrogens with zero attached hydrogens (tertiary/aromatic N) is 3. The van der Waals surface area contributed by atoms with Crippen LogP contribution in [0, 0.1) is 0 Å². The molecule has 1 amide bonds. The Morgan fingerprint density at radius 1 is 1.15 bits per heavy atom. The molecule has 6 nitrogen and oxygen atoms in total. The van der Waals surface area contributed by atoms with Crippen molar-refractivity contribution >= 4 is 11.7 Å². The Bertz CT molecular complexity index is 740. The minimum atomic E-state index is -0.136. The van der Waals surface area contributed by atoms with Crippen LogP contribution in [0.4, 0.5) is 5.82 Å². The topological polar surface area (TPSA) is 57.7 Å². The number of aryl methyl sites for hydroxylation is 1. The van der Waals surface area contributed by atoms with Crippen LogP contribution in [0.3, 0.4) is 0 Å². The second kappa shape index (κ2) is 9.37. The number of nitrogens with one attached hydrogen (secondary N) is 1. The monoisotopic (exact) mass is 368 g/mol. The zero-order chi connectivity index (χ0) is 19.1. The summed E-state index contributed by atoms with van der Waals surface area (Å²) >= 11 is 0. The predicted molar refractivity (Wildman–Crippen MR) is 107 cm³/mol. The van der Waals surface area contributed by atoms with Gasteiger partial charge >= 0.3 is 0 Å². The van der Waals surface area contributed by atoms with Gasteiger partial charge in [0.1, 0.15) is 11.6 Å². The van der Waals surface area contributed by atoms with Crippen molar-refractivity contribution in [3.8, 4) is 5.75 Å². The Morgan fingerprint density at radius 3 is 2.59 bits per heavy atom. The number of aromatic nitrogens is 1. The molecule has 1 fully saturated rings. The van der Waals surface area contributed by atoms with Crippen molar-refractivity contribution in [2.75, 3.05) is 44.7 Å². The van der Waals surface area contributed by atoms with Crippen molar-refractivity contribution in [2.24, 2.45) is 0 Å². The van der Waals surface area contributed by atoms with Crippen LogP contribution in [0.1, 0.15) is 18.1 Å². The number of carbonyl (C=O) groups excluding carboxylic acids is 1. The van der Waals surface area contributed by atoms with Crippen LogP contribution in [0.25, 0.3) is 0 Å². The van der Waals surface area contributed by atoms with Crippen LogP contribution < -0.4 is 15.0 Å². The van der Waals surface area contributed by atoms with Crippen LogP contribution in [-0.2, 0) is 17.8 Å². The van der Waals surface area contributed by atoms with E-state index in [4.69, 9.17) is 4.74 Å². The first-order valence-corrected chi connectivity index (χ1v) is 9.51. The Morgan fingerprint density at radius 2 is 1.89 bits per heavy atom. The van der Waals surface area contributed by atoms with Crippen molar-refractivity contribution < 1.29 is 9.53 Å². The Labute approximate surface area is 161 Å². The molecule has 3 rings (SSSR count). The summed E-state index contributed by atoms with van der Waals surface area (Å²) in [6.45, 7) is 6.51. The molecule has 2 heterocycles. The van der Waals surface area contributed by atoms with E-state index in [0.29, 0.717) is 12.3 Å². The maximum atomic E-state index is 12.2. The van der Waals surface area contributed by atoms with Gasteiger partial charge in [-0.1, -0.05) is 25.1 Å². The van der Waals surface area contributed by atoms with Crippen molar-refractivity contribution in [1.29, 1.82) is 0 Å². The zero-order valence-corrected chi connectivity index (χ0v) is 16.1. The molecule has 27 heavy (non-hydrogen) atoms. The number of carbonyl (C=O) groups is 1. The number of amides is 1. The highest BCUT2D eigenvalue weighted by atomic mass is 16.5. The minimum Gasteiger partial charge on any atom is -0.484 e. The first-order valence-electron chi connectivity index (χ1n) is 9.51. The quantitative estimate of drug-likeness (QED) is 0.811. The number of ether oxygens (including phenoxy) is 1. The molecule has 1 saturated heterocycles. The first kappa shape index (κ1) is 19.2. The largest absolute Gasteiger partial charge is 0.484 e. The second-order valence-corrected chi connectivity index (χ2v) is 6.84. The maximum absolute atomic E-state index is 12.2. The van der Waals surface area contributed by atoms with E-state index in [-0.39, 0.29) is 12.5 Å². The summed E-state index contributed by atoms with van der Waals surface area (Å²) in [6.07, 6.45) is 2.80. The van der Waals surface area contributed by atoms with E-state index >= 15 is 0 Å². The van der Waals surface area contributed by atoms with Gasteiger partial charge in [0.15, 0.2) is 6.61 Å². The Balaban J connectivity index is 1.51. The first-order chi connectivity index (χ1) is 13.2. The second-order valence-electron chi connectivity index (χ2n) is 6.84.